The van der Waals surface area contributed by atoms with Crippen molar-refractivity contribution in [3.05, 3.63) is 12.2 Å². The maximum Gasteiger partial charge on any atom is 0.0306 e. The van der Waals surface area contributed by atoms with Crippen LogP contribution >= 0.6 is 0 Å². The molecule has 2 rings (SSSR count). The molecule has 0 aromatic rings. The Morgan fingerprint density at radius 3 is 2.71 bits per heavy atom. The van der Waals surface area contributed by atoms with Crippen molar-refractivity contribution in [1.82, 2.24) is 4.90 Å². The molecule has 14 heavy (non-hydrogen) atoms. The highest BCUT2D eigenvalue weighted by molar-refractivity contribution is 5.04. The van der Waals surface area contributed by atoms with Gasteiger partial charge in [-0.25, -0.2) is 0 Å². The molecule has 0 N–H and O–H groups in total. The highest BCUT2D eigenvalue weighted by atomic mass is 15.2. The number of likely N-dealkylation sites (N-methyl/N-ethyl adjacent to an activating group) is 1. The molecule has 0 saturated carbocycles. The Kier molecular flexibility index (Phi) is 2.96. The van der Waals surface area contributed by atoms with Crippen LogP contribution in [0.1, 0.15) is 39.5 Å². The minimum absolute atomic E-state index is 0.726. The third-order valence-corrected chi connectivity index (χ3v) is 4.45. The van der Waals surface area contributed by atoms with Crippen molar-refractivity contribution in [2.75, 3.05) is 7.05 Å². The molecule has 0 bridgehead atoms. The van der Waals surface area contributed by atoms with E-state index in [2.05, 4.69) is 37.9 Å². The molecule has 1 heterocycles. The zero-order valence-electron chi connectivity index (χ0n) is 9.74. The van der Waals surface area contributed by atoms with Gasteiger partial charge in [0.25, 0.3) is 0 Å². The normalized spacial score (nSPS) is 44.5. The summed E-state index contributed by atoms with van der Waals surface area (Å²) in [4.78, 5) is 2.60. The number of likely N-dealkylation sites (tertiary alicyclic amines) is 1. The number of nitrogens with zero attached hydrogens (tertiary/aromatic N) is 1. The summed E-state index contributed by atoms with van der Waals surface area (Å²) in [6, 6.07) is 1.47. The smallest absolute Gasteiger partial charge is 0.0306 e. The zero-order chi connectivity index (χ0) is 10.1. The zero-order valence-corrected chi connectivity index (χ0v) is 9.74. The van der Waals surface area contributed by atoms with E-state index in [-0.39, 0.29) is 0 Å². The van der Waals surface area contributed by atoms with E-state index in [0.717, 1.165) is 23.9 Å². The average molecular weight is 193 g/mol. The molecule has 0 aromatic carbocycles. The molecule has 80 valence electrons. The van der Waals surface area contributed by atoms with E-state index >= 15 is 0 Å². The SMILES string of the molecule is CC1CCC2CCC=CC2N(C)C1C. The number of hydrogen-bond donors (Lipinski definition) is 0. The third-order valence-electron chi connectivity index (χ3n) is 4.45. The fraction of sp³-hybridized carbons (Fsp3) is 0.846. The lowest BCUT2D eigenvalue weighted by Gasteiger charge is -2.36. The fourth-order valence-corrected chi connectivity index (χ4v) is 3.05. The molecule has 4 atom stereocenters. The van der Waals surface area contributed by atoms with Crippen molar-refractivity contribution in [1.29, 1.82) is 0 Å². The standard InChI is InChI=1S/C13H23N/c1-10-8-9-12-6-4-5-7-13(12)14(3)11(10)2/h5,7,10-13H,4,6,8-9H2,1-3H3. The van der Waals surface area contributed by atoms with E-state index in [9.17, 15) is 0 Å². The molecule has 1 heteroatoms. The van der Waals surface area contributed by atoms with Gasteiger partial charge in [-0.1, -0.05) is 19.1 Å². The molecule has 0 radical (unpaired) electrons. The van der Waals surface area contributed by atoms with Crippen LogP contribution in [-0.4, -0.2) is 24.0 Å². The van der Waals surface area contributed by atoms with Crippen molar-refractivity contribution in [3.8, 4) is 0 Å². The summed E-state index contributed by atoms with van der Waals surface area (Å²) in [6.45, 7) is 4.79. The van der Waals surface area contributed by atoms with Crippen molar-refractivity contribution < 1.29 is 0 Å². The number of rotatable bonds is 0. The summed E-state index contributed by atoms with van der Waals surface area (Å²) >= 11 is 0. The minimum atomic E-state index is 0.726. The maximum absolute atomic E-state index is 2.60. The second-order valence-corrected chi connectivity index (χ2v) is 5.22. The fourth-order valence-electron chi connectivity index (χ4n) is 3.05. The van der Waals surface area contributed by atoms with Gasteiger partial charge >= 0.3 is 0 Å². The molecule has 1 aliphatic heterocycles. The van der Waals surface area contributed by atoms with Crippen LogP contribution < -0.4 is 0 Å². The van der Waals surface area contributed by atoms with Crippen LogP contribution in [-0.2, 0) is 0 Å². The van der Waals surface area contributed by atoms with Gasteiger partial charge in [0.05, 0.1) is 0 Å². The van der Waals surface area contributed by atoms with Gasteiger partial charge in [0.2, 0.25) is 0 Å². The molecular formula is C13H23N. The average Bonchev–Trinajstić information content (AvgIpc) is 2.32. The lowest BCUT2D eigenvalue weighted by Crippen LogP contribution is -2.42. The Morgan fingerprint density at radius 2 is 1.93 bits per heavy atom. The van der Waals surface area contributed by atoms with Crippen LogP contribution in [0.2, 0.25) is 0 Å². The van der Waals surface area contributed by atoms with E-state index in [0.29, 0.717) is 0 Å². The first-order valence-electron chi connectivity index (χ1n) is 6.08. The molecule has 0 spiro atoms. The van der Waals surface area contributed by atoms with Crippen LogP contribution in [0.15, 0.2) is 12.2 Å². The predicted octanol–water partition coefficient (Wildman–Crippen LogP) is 3.07. The van der Waals surface area contributed by atoms with Gasteiger partial charge in [-0.05, 0) is 51.5 Å². The van der Waals surface area contributed by atoms with Crippen LogP contribution in [0.3, 0.4) is 0 Å². The number of fused-ring (bicyclic) bond motifs is 1. The first kappa shape index (κ1) is 10.2. The Bertz CT molecular complexity index is 221. The Balaban J connectivity index is 2.17. The molecule has 2 aliphatic rings. The van der Waals surface area contributed by atoms with Crippen LogP contribution in [0.25, 0.3) is 0 Å². The van der Waals surface area contributed by atoms with E-state index in [1.807, 2.05) is 0 Å². The maximum atomic E-state index is 2.60. The largest absolute Gasteiger partial charge is 0.297 e. The van der Waals surface area contributed by atoms with E-state index in [1.54, 1.807) is 0 Å². The van der Waals surface area contributed by atoms with E-state index < -0.39 is 0 Å². The van der Waals surface area contributed by atoms with Gasteiger partial charge in [0.1, 0.15) is 0 Å². The summed E-state index contributed by atoms with van der Waals surface area (Å²) in [5, 5.41) is 0. The summed E-state index contributed by atoms with van der Waals surface area (Å²) in [5.41, 5.74) is 0. The third kappa shape index (κ3) is 1.75. The van der Waals surface area contributed by atoms with Gasteiger partial charge < -0.3 is 0 Å². The van der Waals surface area contributed by atoms with Gasteiger partial charge in [-0.3, -0.25) is 4.90 Å². The minimum Gasteiger partial charge on any atom is -0.297 e. The van der Waals surface area contributed by atoms with Crippen LogP contribution in [0.4, 0.5) is 0 Å². The van der Waals surface area contributed by atoms with Crippen molar-refractivity contribution in [2.24, 2.45) is 11.8 Å². The lowest BCUT2D eigenvalue weighted by atomic mass is 9.86. The lowest BCUT2D eigenvalue weighted by molar-refractivity contribution is 0.151. The topological polar surface area (TPSA) is 3.24 Å². The molecular weight excluding hydrogens is 170 g/mol. The monoisotopic (exact) mass is 193 g/mol. The molecule has 1 saturated heterocycles. The predicted molar refractivity (Wildman–Crippen MR) is 61.3 cm³/mol. The van der Waals surface area contributed by atoms with Crippen LogP contribution in [0, 0.1) is 11.8 Å². The molecule has 1 nitrogen and oxygen atoms in total. The highest BCUT2D eigenvalue weighted by Gasteiger charge is 2.33. The van der Waals surface area contributed by atoms with Crippen molar-refractivity contribution in [2.45, 2.75) is 51.6 Å². The van der Waals surface area contributed by atoms with Crippen LogP contribution in [0.5, 0.6) is 0 Å². The van der Waals surface area contributed by atoms with Gasteiger partial charge in [-0.2, -0.15) is 0 Å². The Labute approximate surface area is 88.2 Å². The van der Waals surface area contributed by atoms with Gasteiger partial charge in [0.15, 0.2) is 0 Å². The first-order chi connectivity index (χ1) is 6.70. The quantitative estimate of drug-likeness (QED) is 0.534. The second kappa shape index (κ2) is 4.06. The summed E-state index contributed by atoms with van der Waals surface area (Å²) < 4.78 is 0. The molecule has 0 amide bonds. The summed E-state index contributed by atoms with van der Waals surface area (Å²) in [7, 11) is 2.31. The van der Waals surface area contributed by atoms with Crippen molar-refractivity contribution in [3.63, 3.8) is 0 Å². The van der Waals surface area contributed by atoms with Gasteiger partial charge in [-0.15, -0.1) is 0 Å². The van der Waals surface area contributed by atoms with E-state index in [4.69, 9.17) is 0 Å². The highest BCUT2D eigenvalue weighted by Crippen LogP contribution is 2.34. The summed E-state index contributed by atoms with van der Waals surface area (Å²) in [6.07, 6.45) is 10.4. The number of allylic oxidation sites excluding steroid dienone is 1. The molecule has 0 aromatic heterocycles. The number of hydrogen-bond acceptors (Lipinski definition) is 1. The molecule has 4 unspecified atom stereocenters. The summed E-state index contributed by atoms with van der Waals surface area (Å²) in [5.74, 6) is 1.79. The second-order valence-electron chi connectivity index (χ2n) is 5.22. The van der Waals surface area contributed by atoms with Crippen molar-refractivity contribution >= 4 is 0 Å². The molecule has 1 aliphatic carbocycles. The Hall–Kier alpha value is -0.300. The first-order valence-corrected chi connectivity index (χ1v) is 6.08. The van der Waals surface area contributed by atoms with E-state index in [1.165, 1.54) is 25.7 Å². The van der Waals surface area contributed by atoms with Gasteiger partial charge in [0, 0.05) is 12.1 Å². The molecule has 1 fully saturated rings. The Morgan fingerprint density at radius 1 is 1.14 bits per heavy atom.